The van der Waals surface area contributed by atoms with Crippen molar-refractivity contribution in [3.63, 3.8) is 0 Å². The van der Waals surface area contributed by atoms with E-state index in [2.05, 4.69) is 10.0 Å². The van der Waals surface area contributed by atoms with Crippen molar-refractivity contribution in [2.75, 3.05) is 25.9 Å². The van der Waals surface area contributed by atoms with Crippen LogP contribution in [0.5, 0.6) is 5.75 Å². The Kier molecular flexibility index (Phi) is 6.68. The van der Waals surface area contributed by atoms with Crippen LogP contribution in [0, 0.1) is 5.92 Å². The number of amides is 2. The van der Waals surface area contributed by atoms with Gasteiger partial charge in [0, 0.05) is 44.2 Å². The van der Waals surface area contributed by atoms with Gasteiger partial charge < -0.3 is 15.3 Å². The van der Waals surface area contributed by atoms with Crippen LogP contribution in [0.3, 0.4) is 0 Å². The summed E-state index contributed by atoms with van der Waals surface area (Å²) in [6.07, 6.45) is 1.66. The highest BCUT2D eigenvalue weighted by molar-refractivity contribution is 7.88. The van der Waals surface area contributed by atoms with Crippen molar-refractivity contribution >= 4 is 21.8 Å². The maximum atomic E-state index is 13.3. The van der Waals surface area contributed by atoms with Crippen molar-refractivity contribution in [2.24, 2.45) is 5.92 Å². The second-order valence-corrected chi connectivity index (χ2v) is 10.3. The molecule has 0 saturated carbocycles. The van der Waals surface area contributed by atoms with Crippen LogP contribution in [-0.4, -0.2) is 79.2 Å². The molecule has 30 heavy (non-hydrogen) atoms. The molecule has 0 unspecified atom stereocenters. The van der Waals surface area contributed by atoms with Crippen LogP contribution < -0.4 is 10.0 Å². The molecular formula is C20H30N4O5S. The van der Waals surface area contributed by atoms with Crippen LogP contribution in [-0.2, 0) is 26.2 Å². The Morgan fingerprint density at radius 1 is 1.30 bits per heavy atom. The first-order valence-corrected chi connectivity index (χ1v) is 12.0. The number of hydrogen-bond acceptors (Lipinski definition) is 6. The number of rotatable bonds is 7. The van der Waals surface area contributed by atoms with Crippen LogP contribution in [0.1, 0.15) is 25.8 Å². The fourth-order valence-corrected chi connectivity index (χ4v) is 4.95. The van der Waals surface area contributed by atoms with E-state index in [0.717, 1.165) is 11.8 Å². The Bertz CT molecular complexity index is 904. The summed E-state index contributed by atoms with van der Waals surface area (Å²) in [5.74, 6) is -0.278. The van der Waals surface area contributed by atoms with Crippen LogP contribution in [0.4, 0.5) is 0 Å². The molecule has 166 valence electrons. The molecule has 0 spiro atoms. The zero-order valence-electron chi connectivity index (χ0n) is 17.5. The lowest BCUT2D eigenvalue weighted by Gasteiger charge is -2.43. The normalized spacial score (nSPS) is 24.9. The Balaban J connectivity index is 1.79. The predicted molar refractivity (Wildman–Crippen MR) is 112 cm³/mol. The number of phenolic OH excluding ortho intramolecular Hbond substituents is 1. The molecule has 1 aromatic rings. The molecule has 10 heteroatoms. The minimum absolute atomic E-state index is 0.105. The lowest BCUT2D eigenvalue weighted by molar-refractivity contribution is -0.144. The minimum atomic E-state index is -3.37. The van der Waals surface area contributed by atoms with Gasteiger partial charge in [-0.25, -0.2) is 13.1 Å². The molecule has 0 radical (unpaired) electrons. The molecule has 1 aromatic carbocycles. The van der Waals surface area contributed by atoms with Crippen LogP contribution >= 0.6 is 0 Å². The van der Waals surface area contributed by atoms with E-state index in [0.29, 0.717) is 26.1 Å². The second-order valence-electron chi connectivity index (χ2n) is 8.48. The number of carbonyl (C=O) groups is 2. The van der Waals surface area contributed by atoms with Gasteiger partial charge in [-0.1, -0.05) is 26.0 Å². The largest absolute Gasteiger partial charge is 0.508 e. The minimum Gasteiger partial charge on any atom is -0.508 e. The van der Waals surface area contributed by atoms with Crippen molar-refractivity contribution in [1.29, 1.82) is 0 Å². The molecule has 0 aliphatic carbocycles. The molecular weight excluding hydrogens is 408 g/mol. The average molecular weight is 439 g/mol. The van der Waals surface area contributed by atoms with Crippen molar-refractivity contribution in [3.8, 4) is 5.75 Å². The van der Waals surface area contributed by atoms with Crippen LogP contribution in [0.2, 0.25) is 0 Å². The third kappa shape index (κ3) is 5.50. The highest BCUT2D eigenvalue weighted by Gasteiger charge is 2.45. The molecule has 3 atom stereocenters. The number of carbonyl (C=O) groups excluding carboxylic acids is 2. The summed E-state index contributed by atoms with van der Waals surface area (Å²) in [5, 5.41) is 12.6. The van der Waals surface area contributed by atoms with Crippen molar-refractivity contribution in [3.05, 3.63) is 29.8 Å². The van der Waals surface area contributed by atoms with Gasteiger partial charge in [0.15, 0.2) is 0 Å². The zero-order valence-corrected chi connectivity index (χ0v) is 18.4. The first-order valence-electron chi connectivity index (χ1n) is 10.1. The molecule has 0 bridgehead atoms. The lowest BCUT2D eigenvalue weighted by atomic mass is 10.0. The lowest BCUT2D eigenvalue weighted by Crippen LogP contribution is -2.62. The number of hydrogen-bond donors (Lipinski definition) is 3. The number of nitrogens with zero attached hydrogens (tertiary/aromatic N) is 2. The van der Waals surface area contributed by atoms with Gasteiger partial charge in [-0.2, -0.15) is 0 Å². The molecule has 3 N–H and O–H groups in total. The van der Waals surface area contributed by atoms with Gasteiger partial charge in [0.2, 0.25) is 21.8 Å². The quantitative estimate of drug-likeness (QED) is 0.546. The second kappa shape index (κ2) is 8.91. The summed E-state index contributed by atoms with van der Waals surface area (Å²) < 4.78 is 25.8. The fraction of sp³-hybridized carbons (Fsp3) is 0.600. The van der Waals surface area contributed by atoms with Crippen molar-refractivity contribution in [2.45, 2.75) is 44.9 Å². The van der Waals surface area contributed by atoms with Gasteiger partial charge in [-0.3, -0.25) is 14.5 Å². The summed E-state index contributed by atoms with van der Waals surface area (Å²) in [6, 6.07) is 5.90. The molecule has 2 aliphatic rings. The molecule has 2 heterocycles. The molecule has 9 nitrogen and oxygen atoms in total. The van der Waals surface area contributed by atoms with Gasteiger partial charge in [0.05, 0.1) is 6.26 Å². The van der Waals surface area contributed by atoms with E-state index in [4.69, 9.17) is 0 Å². The molecule has 0 aromatic heterocycles. The summed E-state index contributed by atoms with van der Waals surface area (Å²) in [7, 11) is -3.37. The summed E-state index contributed by atoms with van der Waals surface area (Å²) in [5.41, 5.74) is 0.861. The standard InChI is InChI=1S/C20H30N4O5S/c1-13(2)19(26)21-9-18-20(27)24-11-15(22-30(3,28)29)8-16(24)12-23(18)10-14-5-4-6-17(25)7-14/h4-7,13,15-16,18,22,25H,8-12H2,1-3H3,(H,21,26)/t15-,16-,18-/m0/s1. The number of sulfonamides is 1. The molecule has 2 amide bonds. The number of aromatic hydroxyl groups is 1. The number of nitrogens with one attached hydrogen (secondary N) is 2. The first-order chi connectivity index (χ1) is 14.0. The van der Waals surface area contributed by atoms with E-state index in [1.807, 2.05) is 11.0 Å². The van der Waals surface area contributed by atoms with Gasteiger partial charge in [0.1, 0.15) is 11.8 Å². The highest BCUT2D eigenvalue weighted by Crippen LogP contribution is 2.28. The van der Waals surface area contributed by atoms with Gasteiger partial charge in [-0.05, 0) is 24.1 Å². The maximum Gasteiger partial charge on any atom is 0.242 e. The summed E-state index contributed by atoms with van der Waals surface area (Å²) in [4.78, 5) is 29.1. The number of phenols is 1. The molecule has 2 saturated heterocycles. The number of benzene rings is 1. The Hall–Kier alpha value is -2.17. The Morgan fingerprint density at radius 3 is 2.67 bits per heavy atom. The Labute approximate surface area is 177 Å². The van der Waals surface area contributed by atoms with E-state index in [-0.39, 0.29) is 42.1 Å². The number of piperazine rings is 1. The van der Waals surface area contributed by atoms with E-state index in [1.165, 1.54) is 0 Å². The van der Waals surface area contributed by atoms with E-state index < -0.39 is 16.1 Å². The maximum absolute atomic E-state index is 13.3. The molecule has 3 rings (SSSR count). The first kappa shape index (κ1) is 22.5. The average Bonchev–Trinajstić information content (AvgIpc) is 3.01. The van der Waals surface area contributed by atoms with Gasteiger partial charge >= 0.3 is 0 Å². The number of fused-ring (bicyclic) bond motifs is 1. The SMILES string of the molecule is CC(C)C(=O)NC[C@H]1C(=O)N2C[C@@H](NS(C)(=O)=O)C[C@H]2CN1Cc1cccc(O)c1. The van der Waals surface area contributed by atoms with Gasteiger partial charge in [-0.15, -0.1) is 0 Å². The fourth-order valence-electron chi connectivity index (χ4n) is 4.18. The Morgan fingerprint density at radius 2 is 2.03 bits per heavy atom. The highest BCUT2D eigenvalue weighted by atomic mass is 32.2. The van der Waals surface area contributed by atoms with Crippen LogP contribution in [0.15, 0.2) is 24.3 Å². The van der Waals surface area contributed by atoms with E-state index >= 15 is 0 Å². The molecule has 2 aliphatic heterocycles. The van der Waals surface area contributed by atoms with Crippen molar-refractivity contribution < 1.29 is 23.1 Å². The monoisotopic (exact) mass is 438 g/mol. The molecule has 2 fully saturated rings. The summed E-state index contributed by atoms with van der Waals surface area (Å²) >= 11 is 0. The zero-order chi connectivity index (χ0) is 22.1. The third-order valence-electron chi connectivity index (χ3n) is 5.54. The van der Waals surface area contributed by atoms with Gasteiger partial charge in [0.25, 0.3) is 0 Å². The van der Waals surface area contributed by atoms with Crippen molar-refractivity contribution in [1.82, 2.24) is 19.8 Å². The van der Waals surface area contributed by atoms with E-state index in [9.17, 15) is 23.1 Å². The topological polar surface area (TPSA) is 119 Å². The third-order valence-corrected chi connectivity index (χ3v) is 6.30. The smallest absolute Gasteiger partial charge is 0.242 e. The van der Waals surface area contributed by atoms with Crippen LogP contribution in [0.25, 0.3) is 0 Å². The summed E-state index contributed by atoms with van der Waals surface area (Å²) in [6.45, 7) is 5.09. The predicted octanol–water partition coefficient (Wildman–Crippen LogP) is -0.133. The van der Waals surface area contributed by atoms with E-state index in [1.54, 1.807) is 36.9 Å².